The second-order valence-corrected chi connectivity index (χ2v) is 6.80. The Morgan fingerprint density at radius 2 is 1.74 bits per heavy atom. The predicted molar refractivity (Wildman–Crippen MR) is 75.4 cm³/mol. The molecule has 5 rings (SSSR count). The van der Waals surface area contributed by atoms with Crippen molar-refractivity contribution in [2.75, 3.05) is 0 Å². The Morgan fingerprint density at radius 1 is 1.13 bits per heavy atom. The van der Waals surface area contributed by atoms with Crippen LogP contribution in [0.3, 0.4) is 0 Å². The minimum Gasteiger partial charge on any atom is -0.481 e. The Balaban J connectivity index is 1.56. The van der Waals surface area contributed by atoms with E-state index in [1.54, 1.807) is 6.21 Å². The van der Waals surface area contributed by atoms with E-state index in [1.807, 2.05) is 0 Å². The number of aliphatic carboxylic acids is 1. The zero-order valence-corrected chi connectivity index (χ0v) is 12.1. The molecule has 7 heteroatoms. The van der Waals surface area contributed by atoms with E-state index in [-0.39, 0.29) is 5.91 Å². The lowest BCUT2D eigenvalue weighted by molar-refractivity contribution is -0.227. The SMILES string of the molecule is O=C(O)C12CC(C(=O)N3N=CCC3c3cc(F)cc(F)c3)(C1)C2. The van der Waals surface area contributed by atoms with Gasteiger partial charge in [-0.3, -0.25) is 9.59 Å². The second-order valence-electron chi connectivity index (χ2n) is 6.80. The van der Waals surface area contributed by atoms with Gasteiger partial charge in [0.2, 0.25) is 5.91 Å². The number of hydrazone groups is 1. The number of amides is 1. The number of carboxylic acid groups (broad SMARTS) is 1. The van der Waals surface area contributed by atoms with Crippen molar-refractivity contribution in [1.82, 2.24) is 5.01 Å². The molecule has 1 aromatic rings. The van der Waals surface area contributed by atoms with Crippen LogP contribution in [0.25, 0.3) is 0 Å². The molecule has 23 heavy (non-hydrogen) atoms. The number of rotatable bonds is 3. The normalized spacial score (nSPS) is 34.0. The predicted octanol–water partition coefficient (Wildman–Crippen LogP) is 2.48. The molecule has 3 saturated carbocycles. The van der Waals surface area contributed by atoms with Crippen LogP contribution in [0.4, 0.5) is 8.78 Å². The number of carboxylic acids is 1. The van der Waals surface area contributed by atoms with Crippen LogP contribution in [0.15, 0.2) is 23.3 Å². The number of benzene rings is 1. The van der Waals surface area contributed by atoms with E-state index in [4.69, 9.17) is 5.11 Å². The third-order valence-corrected chi connectivity index (χ3v) is 5.25. The number of carbonyl (C=O) groups is 2. The lowest BCUT2D eigenvalue weighted by Gasteiger charge is -2.67. The maximum Gasteiger partial charge on any atom is 0.309 e. The summed E-state index contributed by atoms with van der Waals surface area (Å²) >= 11 is 0. The fourth-order valence-corrected chi connectivity index (χ4v) is 4.14. The molecule has 1 aliphatic heterocycles. The summed E-state index contributed by atoms with van der Waals surface area (Å²) in [6.07, 6.45) is 2.90. The van der Waals surface area contributed by atoms with Crippen molar-refractivity contribution >= 4 is 18.1 Å². The summed E-state index contributed by atoms with van der Waals surface area (Å²) in [6.45, 7) is 0. The van der Waals surface area contributed by atoms with Gasteiger partial charge in [0, 0.05) is 18.7 Å². The van der Waals surface area contributed by atoms with Crippen LogP contribution in [0.5, 0.6) is 0 Å². The topological polar surface area (TPSA) is 70.0 Å². The van der Waals surface area contributed by atoms with Crippen molar-refractivity contribution in [3.8, 4) is 0 Å². The van der Waals surface area contributed by atoms with Gasteiger partial charge in [-0.15, -0.1) is 0 Å². The molecule has 4 aliphatic rings. The average molecular weight is 320 g/mol. The molecule has 3 fully saturated rings. The summed E-state index contributed by atoms with van der Waals surface area (Å²) in [5, 5.41) is 14.5. The van der Waals surface area contributed by atoms with Gasteiger partial charge in [-0.25, -0.2) is 13.8 Å². The molecule has 0 aromatic heterocycles. The highest BCUT2D eigenvalue weighted by molar-refractivity contribution is 5.94. The van der Waals surface area contributed by atoms with Gasteiger partial charge in [-0.1, -0.05) is 0 Å². The first-order chi connectivity index (χ1) is 10.9. The smallest absolute Gasteiger partial charge is 0.309 e. The fourth-order valence-electron chi connectivity index (χ4n) is 4.14. The summed E-state index contributed by atoms with van der Waals surface area (Å²) in [6, 6.07) is 2.64. The van der Waals surface area contributed by atoms with Gasteiger partial charge in [0.05, 0.1) is 16.9 Å². The highest BCUT2D eigenvalue weighted by atomic mass is 19.1. The van der Waals surface area contributed by atoms with Crippen molar-refractivity contribution in [3.05, 3.63) is 35.4 Å². The van der Waals surface area contributed by atoms with Crippen LogP contribution in [-0.2, 0) is 9.59 Å². The third kappa shape index (κ3) is 1.85. The second kappa shape index (κ2) is 4.37. The molecule has 0 saturated heterocycles. The van der Waals surface area contributed by atoms with Gasteiger partial charge < -0.3 is 5.11 Å². The quantitative estimate of drug-likeness (QED) is 0.930. The standard InChI is InChI=1S/C16H14F2N2O3/c17-10-3-9(4-11(18)5-10)12-1-2-19-20(12)13(21)15-6-16(7-15,8-15)14(22)23/h2-5,12H,1,6-8H2,(H,22,23). The van der Waals surface area contributed by atoms with Crippen molar-refractivity contribution in [2.24, 2.45) is 15.9 Å². The molecular weight excluding hydrogens is 306 g/mol. The first kappa shape index (κ1) is 14.3. The third-order valence-electron chi connectivity index (χ3n) is 5.25. The molecule has 1 unspecified atom stereocenters. The minimum absolute atomic E-state index is 0.246. The van der Waals surface area contributed by atoms with Crippen LogP contribution >= 0.6 is 0 Å². The highest BCUT2D eigenvalue weighted by Gasteiger charge is 2.76. The molecular formula is C16H14F2N2O3. The van der Waals surface area contributed by atoms with Crippen LogP contribution < -0.4 is 0 Å². The number of hydrogen-bond acceptors (Lipinski definition) is 3. The average Bonchev–Trinajstić information content (AvgIpc) is 2.82. The summed E-state index contributed by atoms with van der Waals surface area (Å²) in [5.41, 5.74) is -1.06. The largest absolute Gasteiger partial charge is 0.481 e. The van der Waals surface area contributed by atoms with Crippen LogP contribution in [0.1, 0.15) is 37.3 Å². The van der Waals surface area contributed by atoms with E-state index in [2.05, 4.69) is 5.10 Å². The van der Waals surface area contributed by atoms with E-state index in [0.717, 1.165) is 6.07 Å². The lowest BCUT2D eigenvalue weighted by atomic mass is 9.35. The molecule has 1 heterocycles. The zero-order chi connectivity index (χ0) is 16.4. The monoisotopic (exact) mass is 320 g/mol. The van der Waals surface area contributed by atoms with Gasteiger partial charge in [0.15, 0.2) is 0 Å². The van der Waals surface area contributed by atoms with Gasteiger partial charge >= 0.3 is 5.97 Å². The first-order valence-electron chi connectivity index (χ1n) is 7.41. The van der Waals surface area contributed by atoms with E-state index >= 15 is 0 Å². The Morgan fingerprint density at radius 3 is 2.30 bits per heavy atom. The Hall–Kier alpha value is -2.31. The van der Waals surface area contributed by atoms with E-state index in [9.17, 15) is 18.4 Å². The van der Waals surface area contributed by atoms with Crippen molar-refractivity contribution in [1.29, 1.82) is 0 Å². The molecule has 5 nitrogen and oxygen atoms in total. The van der Waals surface area contributed by atoms with E-state index in [1.165, 1.54) is 17.1 Å². The Kier molecular flexibility index (Phi) is 2.71. The number of halogens is 2. The van der Waals surface area contributed by atoms with Gasteiger partial charge in [-0.05, 0) is 37.0 Å². The molecule has 1 N–H and O–H groups in total. The first-order valence-corrected chi connectivity index (χ1v) is 7.41. The molecule has 0 radical (unpaired) electrons. The van der Waals surface area contributed by atoms with Crippen LogP contribution in [0, 0.1) is 22.5 Å². The number of carbonyl (C=O) groups excluding carboxylic acids is 1. The number of nitrogens with zero attached hydrogens (tertiary/aromatic N) is 2. The Bertz CT molecular complexity index is 722. The summed E-state index contributed by atoms with van der Waals surface area (Å²) in [7, 11) is 0. The lowest BCUT2D eigenvalue weighted by Crippen LogP contribution is -2.70. The fraction of sp³-hybridized carbons (Fsp3) is 0.438. The van der Waals surface area contributed by atoms with Gasteiger partial charge in [0.1, 0.15) is 11.6 Å². The maximum atomic E-state index is 13.4. The maximum absolute atomic E-state index is 13.4. The van der Waals surface area contributed by atoms with Crippen molar-refractivity contribution in [2.45, 2.75) is 31.7 Å². The number of hydrogen-bond donors (Lipinski definition) is 1. The molecule has 1 aromatic carbocycles. The zero-order valence-electron chi connectivity index (χ0n) is 12.1. The van der Waals surface area contributed by atoms with Crippen molar-refractivity contribution < 1.29 is 23.5 Å². The molecule has 2 bridgehead atoms. The molecule has 1 atom stereocenters. The van der Waals surface area contributed by atoms with Crippen molar-refractivity contribution in [3.63, 3.8) is 0 Å². The van der Waals surface area contributed by atoms with E-state index in [0.29, 0.717) is 31.2 Å². The molecule has 0 spiro atoms. The van der Waals surface area contributed by atoms with Crippen LogP contribution in [0.2, 0.25) is 0 Å². The molecule has 120 valence electrons. The molecule has 1 amide bonds. The van der Waals surface area contributed by atoms with E-state index < -0.39 is 34.5 Å². The minimum atomic E-state index is -0.860. The molecule has 3 aliphatic carbocycles. The summed E-state index contributed by atoms with van der Waals surface area (Å²) in [5.74, 6) is -2.51. The van der Waals surface area contributed by atoms with Crippen LogP contribution in [-0.4, -0.2) is 28.2 Å². The summed E-state index contributed by atoms with van der Waals surface area (Å²) in [4.78, 5) is 23.9. The Labute approximate surface area is 130 Å². The van der Waals surface area contributed by atoms with Gasteiger partial charge in [-0.2, -0.15) is 5.10 Å². The highest BCUT2D eigenvalue weighted by Crippen LogP contribution is 2.74. The van der Waals surface area contributed by atoms with Gasteiger partial charge in [0.25, 0.3) is 0 Å². The summed E-state index contributed by atoms with van der Waals surface area (Å²) < 4.78 is 26.8.